The third-order valence-corrected chi connectivity index (χ3v) is 5.41. The Morgan fingerprint density at radius 2 is 1.95 bits per heavy atom. The molecule has 4 aromatic rings. The zero-order valence-electron chi connectivity index (χ0n) is 20.3. The van der Waals surface area contributed by atoms with Crippen LogP contribution in [0.2, 0.25) is 0 Å². The monoisotopic (exact) mass is 508 g/mol. The molecular formula is C26H26F2N6O3. The number of carbonyl (C=O) groups is 1. The molecule has 0 spiro atoms. The second-order valence-electron chi connectivity index (χ2n) is 8.53. The van der Waals surface area contributed by atoms with E-state index in [4.69, 9.17) is 9.84 Å². The zero-order chi connectivity index (χ0) is 26.4. The number of halogens is 2. The van der Waals surface area contributed by atoms with Gasteiger partial charge in [0.25, 0.3) is 0 Å². The Labute approximate surface area is 212 Å². The Bertz CT molecular complexity index is 1390. The molecule has 0 radical (unpaired) electrons. The first-order valence-corrected chi connectivity index (χ1v) is 11.6. The molecule has 1 aromatic carbocycles. The molecule has 11 heteroatoms. The number of ether oxygens (including phenoxy) is 1. The van der Waals surface area contributed by atoms with E-state index in [0.717, 1.165) is 5.56 Å². The zero-order valence-corrected chi connectivity index (χ0v) is 20.3. The minimum Gasteiger partial charge on any atom is -0.454 e. The summed E-state index contributed by atoms with van der Waals surface area (Å²) in [6.45, 7) is 4.59. The molecule has 0 aliphatic rings. The lowest BCUT2D eigenvalue weighted by atomic mass is 10.1. The van der Waals surface area contributed by atoms with E-state index in [1.165, 1.54) is 30.6 Å². The van der Waals surface area contributed by atoms with Gasteiger partial charge in [-0.2, -0.15) is 9.49 Å². The SMILES string of the molecule is CC(C)c1cncc(NC(=O)Nc2ccc(Oc3ccnc(-c4cnn(CCCO)c4)c3)c(F)c2F)c1. The molecule has 0 saturated carbocycles. The highest BCUT2D eigenvalue weighted by molar-refractivity contribution is 5.99. The summed E-state index contributed by atoms with van der Waals surface area (Å²) < 4.78 is 36.8. The Kier molecular flexibility index (Phi) is 8.04. The molecular weight excluding hydrogens is 482 g/mol. The normalized spacial score (nSPS) is 11.0. The number of aryl methyl sites for hydroxylation is 1. The summed E-state index contributed by atoms with van der Waals surface area (Å²) in [5.74, 6) is -2.42. The van der Waals surface area contributed by atoms with Crippen LogP contribution in [0.3, 0.4) is 0 Å². The third-order valence-electron chi connectivity index (χ3n) is 5.41. The van der Waals surface area contributed by atoms with Crippen LogP contribution in [-0.2, 0) is 6.54 Å². The van der Waals surface area contributed by atoms with Crippen molar-refractivity contribution >= 4 is 17.4 Å². The maximum Gasteiger partial charge on any atom is 0.323 e. The van der Waals surface area contributed by atoms with Gasteiger partial charge in [0, 0.05) is 43.4 Å². The number of hydrogen-bond donors (Lipinski definition) is 3. The van der Waals surface area contributed by atoms with Crippen LogP contribution < -0.4 is 15.4 Å². The van der Waals surface area contributed by atoms with Gasteiger partial charge in [0.05, 0.1) is 29.5 Å². The van der Waals surface area contributed by atoms with Crippen LogP contribution >= 0.6 is 0 Å². The van der Waals surface area contributed by atoms with Crippen LogP contribution in [-0.4, -0.2) is 37.5 Å². The van der Waals surface area contributed by atoms with Gasteiger partial charge in [0.1, 0.15) is 5.75 Å². The molecule has 0 fully saturated rings. The lowest BCUT2D eigenvalue weighted by Gasteiger charge is -2.12. The Morgan fingerprint density at radius 3 is 2.73 bits per heavy atom. The highest BCUT2D eigenvalue weighted by Gasteiger charge is 2.18. The number of benzene rings is 1. The average Bonchev–Trinajstić information content (AvgIpc) is 3.37. The summed E-state index contributed by atoms with van der Waals surface area (Å²) in [5.41, 5.74) is 2.23. The van der Waals surface area contributed by atoms with E-state index < -0.39 is 17.7 Å². The number of urea groups is 1. The van der Waals surface area contributed by atoms with Crippen LogP contribution in [0.5, 0.6) is 11.5 Å². The molecule has 9 nitrogen and oxygen atoms in total. The lowest BCUT2D eigenvalue weighted by molar-refractivity contribution is 0.262. The van der Waals surface area contributed by atoms with Crippen molar-refractivity contribution in [3.8, 4) is 22.8 Å². The third kappa shape index (κ3) is 6.44. The highest BCUT2D eigenvalue weighted by atomic mass is 19.2. The second kappa shape index (κ2) is 11.6. The number of carbonyl (C=O) groups excluding carboxylic acids is 1. The lowest BCUT2D eigenvalue weighted by Crippen LogP contribution is -2.20. The standard InChI is InChI=1S/C26H26F2N6O3/c1-16(2)17-10-19(14-29-12-17)32-26(36)33-21-4-5-23(25(28)24(21)27)37-20-6-7-30-22(11-20)18-13-31-34(15-18)8-3-9-35/h4-7,10-16,35H,3,8-9H2,1-2H3,(H2,32,33,36). The van der Waals surface area contributed by atoms with Gasteiger partial charge in [-0.15, -0.1) is 0 Å². The Balaban J connectivity index is 1.44. The van der Waals surface area contributed by atoms with Gasteiger partial charge < -0.3 is 20.5 Å². The number of anilines is 2. The largest absolute Gasteiger partial charge is 0.454 e. The van der Waals surface area contributed by atoms with Gasteiger partial charge in [-0.25, -0.2) is 9.18 Å². The van der Waals surface area contributed by atoms with Crippen molar-refractivity contribution < 1.29 is 23.4 Å². The molecule has 192 valence electrons. The molecule has 3 N–H and O–H groups in total. The molecule has 2 amide bonds. The van der Waals surface area contributed by atoms with Crippen molar-refractivity contribution in [1.82, 2.24) is 19.7 Å². The minimum absolute atomic E-state index is 0.0571. The van der Waals surface area contributed by atoms with Gasteiger partial charge in [-0.1, -0.05) is 13.8 Å². The first-order valence-electron chi connectivity index (χ1n) is 11.6. The van der Waals surface area contributed by atoms with E-state index in [0.29, 0.717) is 29.9 Å². The van der Waals surface area contributed by atoms with Crippen LogP contribution in [0.25, 0.3) is 11.3 Å². The minimum atomic E-state index is -1.26. The van der Waals surface area contributed by atoms with Crippen LogP contribution in [0.15, 0.2) is 61.3 Å². The Morgan fingerprint density at radius 1 is 1.11 bits per heavy atom. The van der Waals surface area contributed by atoms with Gasteiger partial charge >= 0.3 is 6.03 Å². The summed E-state index contributed by atoms with van der Waals surface area (Å²) in [4.78, 5) is 20.7. The van der Waals surface area contributed by atoms with Crippen LogP contribution in [0.4, 0.5) is 25.0 Å². The predicted octanol–water partition coefficient (Wildman–Crippen LogP) is 5.56. The van der Waals surface area contributed by atoms with E-state index in [2.05, 4.69) is 25.7 Å². The predicted molar refractivity (Wildman–Crippen MR) is 135 cm³/mol. The van der Waals surface area contributed by atoms with Crippen molar-refractivity contribution in [1.29, 1.82) is 0 Å². The molecule has 0 saturated heterocycles. The number of nitrogens with zero attached hydrogens (tertiary/aromatic N) is 4. The average molecular weight is 509 g/mol. The van der Waals surface area contributed by atoms with Crippen molar-refractivity contribution in [2.45, 2.75) is 32.7 Å². The fraction of sp³-hybridized carbons (Fsp3) is 0.231. The molecule has 0 unspecified atom stereocenters. The fourth-order valence-corrected chi connectivity index (χ4v) is 3.44. The molecule has 0 bridgehead atoms. The summed E-state index contributed by atoms with van der Waals surface area (Å²) in [5, 5.41) is 18.0. The van der Waals surface area contributed by atoms with Gasteiger partial charge in [-0.05, 0) is 42.2 Å². The van der Waals surface area contributed by atoms with E-state index in [1.54, 1.807) is 35.4 Å². The fourth-order valence-electron chi connectivity index (χ4n) is 3.44. The highest BCUT2D eigenvalue weighted by Crippen LogP contribution is 2.31. The number of aliphatic hydroxyl groups excluding tert-OH is 1. The maximum absolute atomic E-state index is 14.8. The molecule has 37 heavy (non-hydrogen) atoms. The Hall–Kier alpha value is -4.38. The first kappa shape index (κ1) is 25.7. The number of nitrogens with one attached hydrogen (secondary N) is 2. The number of aromatic nitrogens is 4. The maximum atomic E-state index is 14.8. The van der Waals surface area contributed by atoms with Gasteiger partial charge in [0.15, 0.2) is 11.6 Å². The molecule has 0 aliphatic heterocycles. The smallest absolute Gasteiger partial charge is 0.323 e. The van der Waals surface area contributed by atoms with E-state index in [1.807, 2.05) is 13.8 Å². The van der Waals surface area contributed by atoms with E-state index in [-0.39, 0.29) is 29.7 Å². The van der Waals surface area contributed by atoms with Crippen molar-refractivity contribution in [3.05, 3.63) is 78.5 Å². The topological polar surface area (TPSA) is 114 Å². The molecule has 4 rings (SSSR count). The van der Waals surface area contributed by atoms with Gasteiger partial charge in [0.2, 0.25) is 5.82 Å². The first-order chi connectivity index (χ1) is 17.8. The number of pyridine rings is 2. The molecule has 3 aromatic heterocycles. The molecule has 3 heterocycles. The summed E-state index contributed by atoms with van der Waals surface area (Å²) >= 11 is 0. The number of rotatable bonds is 9. The second-order valence-corrected chi connectivity index (χ2v) is 8.53. The number of hydrogen-bond acceptors (Lipinski definition) is 6. The van der Waals surface area contributed by atoms with Crippen molar-refractivity contribution in [3.63, 3.8) is 0 Å². The summed E-state index contributed by atoms with van der Waals surface area (Å²) in [6, 6.07) is 6.53. The molecule has 0 aliphatic carbocycles. The van der Waals surface area contributed by atoms with Crippen LogP contribution in [0.1, 0.15) is 31.7 Å². The summed E-state index contributed by atoms with van der Waals surface area (Å²) in [7, 11) is 0. The molecule has 0 atom stereocenters. The van der Waals surface area contributed by atoms with Crippen molar-refractivity contribution in [2.75, 3.05) is 17.2 Å². The quantitative estimate of drug-likeness (QED) is 0.273. The summed E-state index contributed by atoms with van der Waals surface area (Å²) in [6.07, 6.45) is 8.58. The van der Waals surface area contributed by atoms with E-state index >= 15 is 0 Å². The van der Waals surface area contributed by atoms with Crippen LogP contribution in [0, 0.1) is 11.6 Å². The number of amides is 2. The van der Waals surface area contributed by atoms with E-state index in [9.17, 15) is 13.6 Å². The number of aliphatic hydroxyl groups is 1. The van der Waals surface area contributed by atoms with Crippen molar-refractivity contribution in [2.24, 2.45) is 0 Å². The van der Waals surface area contributed by atoms with Gasteiger partial charge in [-0.3, -0.25) is 14.6 Å².